The van der Waals surface area contributed by atoms with Crippen molar-refractivity contribution in [2.45, 2.75) is 32.0 Å². The summed E-state index contributed by atoms with van der Waals surface area (Å²) in [6.45, 7) is 3.99. The van der Waals surface area contributed by atoms with Gasteiger partial charge in [0.15, 0.2) is 0 Å². The van der Waals surface area contributed by atoms with Crippen molar-refractivity contribution in [3.63, 3.8) is 0 Å². The van der Waals surface area contributed by atoms with Crippen LogP contribution in [0.4, 0.5) is 0 Å². The van der Waals surface area contributed by atoms with E-state index in [-0.39, 0.29) is 0 Å². The zero-order valence-electron chi connectivity index (χ0n) is 14.7. The van der Waals surface area contributed by atoms with Gasteiger partial charge in [-0.15, -0.1) is 5.10 Å². The van der Waals surface area contributed by atoms with Crippen LogP contribution in [0.3, 0.4) is 0 Å². The molecule has 1 fully saturated rings. The highest BCUT2D eigenvalue weighted by Crippen LogP contribution is 2.22. The Hall–Kier alpha value is -2.44. The van der Waals surface area contributed by atoms with E-state index in [1.165, 1.54) is 5.56 Å². The summed E-state index contributed by atoms with van der Waals surface area (Å²) in [5.41, 5.74) is 2.68. The normalized spacial score (nSPS) is 17.4. The molecule has 136 valence electrons. The minimum Gasteiger partial charge on any atom is -0.472 e. The molecule has 1 atom stereocenters. The van der Waals surface area contributed by atoms with E-state index >= 15 is 0 Å². The van der Waals surface area contributed by atoms with E-state index in [1.54, 1.807) is 6.26 Å². The van der Waals surface area contributed by atoms with Crippen LogP contribution in [0.1, 0.15) is 35.8 Å². The third-order valence-corrected chi connectivity index (χ3v) is 5.09. The fourth-order valence-electron chi connectivity index (χ4n) is 3.57. The Morgan fingerprint density at radius 3 is 2.69 bits per heavy atom. The molecule has 1 saturated heterocycles. The largest absolute Gasteiger partial charge is 0.472 e. The fraction of sp³-hybridized carbons (Fsp3) is 0.400. The molecule has 6 nitrogen and oxygen atoms in total. The van der Waals surface area contributed by atoms with E-state index in [1.807, 2.05) is 53.5 Å². The van der Waals surface area contributed by atoms with Gasteiger partial charge in [-0.3, -0.25) is 9.58 Å². The number of rotatable bonds is 6. The maximum Gasteiger partial charge on any atom is 0.124 e. The van der Waals surface area contributed by atoms with E-state index < -0.39 is 6.10 Å². The molecule has 1 aliphatic rings. The van der Waals surface area contributed by atoms with Gasteiger partial charge in [0.2, 0.25) is 0 Å². The first-order valence-electron chi connectivity index (χ1n) is 9.14. The van der Waals surface area contributed by atoms with Gasteiger partial charge in [0.25, 0.3) is 0 Å². The molecule has 1 aromatic carbocycles. The van der Waals surface area contributed by atoms with Crippen molar-refractivity contribution in [2.24, 2.45) is 5.92 Å². The van der Waals surface area contributed by atoms with E-state index in [0.717, 1.165) is 44.6 Å². The first kappa shape index (κ1) is 17.0. The fourth-order valence-corrected chi connectivity index (χ4v) is 3.57. The molecule has 0 spiro atoms. The molecular formula is C20H24N4O2. The van der Waals surface area contributed by atoms with Crippen molar-refractivity contribution in [2.75, 3.05) is 13.1 Å². The molecule has 0 radical (unpaired) electrons. The van der Waals surface area contributed by atoms with Gasteiger partial charge in [0, 0.05) is 18.7 Å². The first-order valence-corrected chi connectivity index (χ1v) is 9.14. The number of aromatic nitrogens is 3. The Morgan fingerprint density at radius 1 is 1.15 bits per heavy atom. The summed E-state index contributed by atoms with van der Waals surface area (Å²) in [7, 11) is 0. The Morgan fingerprint density at radius 2 is 1.96 bits per heavy atom. The zero-order valence-corrected chi connectivity index (χ0v) is 14.7. The molecule has 2 aromatic heterocycles. The molecule has 26 heavy (non-hydrogen) atoms. The lowest BCUT2D eigenvalue weighted by atomic mass is 9.96. The van der Waals surface area contributed by atoms with Crippen LogP contribution >= 0.6 is 0 Å². The summed E-state index contributed by atoms with van der Waals surface area (Å²) >= 11 is 0. The maximum atomic E-state index is 10.4. The number of likely N-dealkylation sites (tertiary alicyclic amines) is 1. The van der Waals surface area contributed by atoms with Gasteiger partial charge in [0.1, 0.15) is 11.8 Å². The maximum absolute atomic E-state index is 10.4. The number of furan rings is 1. The van der Waals surface area contributed by atoms with Gasteiger partial charge < -0.3 is 9.52 Å². The number of piperidine rings is 1. The SMILES string of the molecule is OC(c1ccccc1)c1cn(CC2CCN(Cc3ccoc3)CC2)nn1. The van der Waals surface area contributed by atoms with E-state index in [0.29, 0.717) is 11.6 Å². The number of aliphatic hydroxyl groups excluding tert-OH is 1. The Labute approximate surface area is 153 Å². The van der Waals surface area contributed by atoms with Crippen molar-refractivity contribution >= 4 is 0 Å². The van der Waals surface area contributed by atoms with Crippen LogP contribution in [0.5, 0.6) is 0 Å². The van der Waals surface area contributed by atoms with Crippen LogP contribution in [0, 0.1) is 5.92 Å². The standard InChI is InChI=1S/C20H24N4O2/c25-20(18-4-2-1-3-5-18)19-14-24(22-21-19)13-16-6-9-23(10-7-16)12-17-8-11-26-15-17/h1-5,8,11,14-16,20,25H,6-7,9-10,12-13H2. The van der Waals surface area contributed by atoms with E-state index in [9.17, 15) is 5.11 Å². The highest BCUT2D eigenvalue weighted by atomic mass is 16.3. The van der Waals surface area contributed by atoms with Crippen LogP contribution in [0.2, 0.25) is 0 Å². The molecule has 1 unspecified atom stereocenters. The monoisotopic (exact) mass is 352 g/mol. The second-order valence-corrected chi connectivity index (χ2v) is 7.03. The summed E-state index contributed by atoms with van der Waals surface area (Å²) < 4.78 is 7.02. The molecule has 3 aromatic rings. The second-order valence-electron chi connectivity index (χ2n) is 7.03. The van der Waals surface area contributed by atoms with Crippen LogP contribution < -0.4 is 0 Å². The Bertz CT molecular complexity index is 792. The quantitative estimate of drug-likeness (QED) is 0.739. The van der Waals surface area contributed by atoms with Crippen LogP contribution in [-0.4, -0.2) is 38.1 Å². The van der Waals surface area contributed by atoms with Gasteiger partial charge in [-0.05, 0) is 43.5 Å². The topological polar surface area (TPSA) is 67.3 Å². The van der Waals surface area contributed by atoms with Gasteiger partial charge >= 0.3 is 0 Å². The van der Waals surface area contributed by atoms with Gasteiger partial charge in [-0.1, -0.05) is 35.5 Å². The lowest BCUT2D eigenvalue weighted by molar-refractivity contribution is 0.164. The van der Waals surface area contributed by atoms with Gasteiger partial charge in [-0.25, -0.2) is 0 Å². The van der Waals surface area contributed by atoms with Crippen molar-refractivity contribution in [3.8, 4) is 0 Å². The predicted octanol–water partition coefficient (Wildman–Crippen LogP) is 2.87. The molecule has 1 N–H and O–H groups in total. The molecule has 4 rings (SSSR count). The first-order chi connectivity index (χ1) is 12.8. The molecule has 6 heteroatoms. The minimum atomic E-state index is -0.721. The summed E-state index contributed by atoms with van der Waals surface area (Å²) in [6.07, 6.45) is 7.00. The Balaban J connectivity index is 1.30. The molecule has 0 bridgehead atoms. The van der Waals surface area contributed by atoms with Crippen LogP contribution in [0.25, 0.3) is 0 Å². The zero-order chi connectivity index (χ0) is 17.8. The van der Waals surface area contributed by atoms with Crippen LogP contribution in [-0.2, 0) is 13.1 Å². The summed E-state index contributed by atoms with van der Waals surface area (Å²) in [4.78, 5) is 2.47. The van der Waals surface area contributed by atoms with E-state index in [2.05, 4.69) is 15.2 Å². The van der Waals surface area contributed by atoms with Crippen LogP contribution in [0.15, 0.2) is 59.5 Å². The highest BCUT2D eigenvalue weighted by Gasteiger charge is 2.21. The molecule has 0 saturated carbocycles. The number of aliphatic hydroxyl groups is 1. The molecule has 3 heterocycles. The number of nitrogens with zero attached hydrogens (tertiary/aromatic N) is 4. The average Bonchev–Trinajstić information content (AvgIpc) is 3.36. The van der Waals surface area contributed by atoms with E-state index in [4.69, 9.17) is 4.42 Å². The van der Waals surface area contributed by atoms with Gasteiger partial charge in [-0.2, -0.15) is 0 Å². The lowest BCUT2D eigenvalue weighted by Gasteiger charge is -2.31. The molecule has 0 amide bonds. The van der Waals surface area contributed by atoms with Crippen molar-refractivity contribution in [1.82, 2.24) is 19.9 Å². The number of benzene rings is 1. The third-order valence-electron chi connectivity index (χ3n) is 5.09. The van der Waals surface area contributed by atoms with Crippen molar-refractivity contribution in [3.05, 3.63) is 71.9 Å². The Kier molecular flexibility index (Phi) is 5.13. The minimum absolute atomic E-state index is 0.596. The molecule has 1 aliphatic heterocycles. The van der Waals surface area contributed by atoms with Gasteiger partial charge in [0.05, 0.1) is 18.7 Å². The molecule has 0 aliphatic carbocycles. The number of hydrogen-bond acceptors (Lipinski definition) is 5. The van der Waals surface area contributed by atoms with Crippen molar-refractivity contribution < 1.29 is 9.52 Å². The second kappa shape index (κ2) is 7.85. The third kappa shape index (κ3) is 4.03. The summed E-state index contributed by atoms with van der Waals surface area (Å²) in [5.74, 6) is 0.596. The highest BCUT2D eigenvalue weighted by molar-refractivity contribution is 5.23. The average molecular weight is 352 g/mol. The lowest BCUT2D eigenvalue weighted by Crippen LogP contribution is -2.34. The smallest absolute Gasteiger partial charge is 0.124 e. The molecular weight excluding hydrogens is 328 g/mol. The number of hydrogen-bond donors (Lipinski definition) is 1. The summed E-state index contributed by atoms with van der Waals surface area (Å²) in [6, 6.07) is 11.6. The van der Waals surface area contributed by atoms with Crippen molar-refractivity contribution in [1.29, 1.82) is 0 Å². The predicted molar refractivity (Wildman–Crippen MR) is 97.2 cm³/mol. The summed E-state index contributed by atoms with van der Waals surface area (Å²) in [5, 5.41) is 18.8.